The molecule has 0 atom stereocenters. The van der Waals surface area contributed by atoms with E-state index >= 15 is 0 Å². The molecule has 4 nitrogen and oxygen atoms in total. The Kier molecular flexibility index (Phi) is 3.94. The molecule has 0 spiro atoms. The van der Waals surface area contributed by atoms with Gasteiger partial charge in [0.25, 0.3) is 0 Å². The van der Waals surface area contributed by atoms with Gasteiger partial charge in [0.1, 0.15) is 5.75 Å². The summed E-state index contributed by atoms with van der Waals surface area (Å²) < 4.78 is 5.51. The highest BCUT2D eigenvalue weighted by Crippen LogP contribution is 2.26. The number of aryl methyl sites for hydroxylation is 1. The summed E-state index contributed by atoms with van der Waals surface area (Å²) in [5.41, 5.74) is 14.4. The summed E-state index contributed by atoms with van der Waals surface area (Å²) in [5, 5.41) is 0. The van der Waals surface area contributed by atoms with Gasteiger partial charge in [0.05, 0.1) is 12.2 Å². The first kappa shape index (κ1) is 13.9. The molecule has 2 aromatic rings. The topological polar surface area (TPSA) is 78.3 Å². The largest absolute Gasteiger partial charge is 0.493 e. The van der Waals surface area contributed by atoms with Crippen molar-refractivity contribution in [1.29, 1.82) is 0 Å². The van der Waals surface area contributed by atoms with E-state index in [4.69, 9.17) is 16.2 Å². The first-order valence-electron chi connectivity index (χ1n) is 6.46. The average molecular weight is 270 g/mol. The molecule has 0 heterocycles. The van der Waals surface area contributed by atoms with Gasteiger partial charge in [0.2, 0.25) is 0 Å². The first-order valence-corrected chi connectivity index (χ1v) is 6.46. The smallest absolute Gasteiger partial charge is 0.198 e. The fraction of sp³-hybridized carbons (Fsp3) is 0.188. The Morgan fingerprint density at radius 2 is 1.85 bits per heavy atom. The van der Waals surface area contributed by atoms with Crippen LogP contribution in [0.5, 0.6) is 5.75 Å². The highest BCUT2D eigenvalue weighted by atomic mass is 16.5. The second kappa shape index (κ2) is 5.65. The van der Waals surface area contributed by atoms with Crippen LogP contribution in [0.2, 0.25) is 0 Å². The predicted molar refractivity (Wildman–Crippen MR) is 81.0 cm³/mol. The first-order chi connectivity index (χ1) is 9.52. The van der Waals surface area contributed by atoms with E-state index in [1.54, 1.807) is 24.3 Å². The van der Waals surface area contributed by atoms with Crippen molar-refractivity contribution in [3.8, 4) is 5.75 Å². The van der Waals surface area contributed by atoms with Gasteiger partial charge >= 0.3 is 0 Å². The van der Waals surface area contributed by atoms with E-state index in [1.165, 1.54) is 0 Å². The Morgan fingerprint density at radius 1 is 1.10 bits per heavy atom. The number of nitrogens with two attached hydrogens (primary N) is 2. The Hall–Kier alpha value is -2.49. The highest BCUT2D eigenvalue weighted by molar-refractivity contribution is 6.13. The molecule has 0 saturated carbocycles. The molecule has 104 valence electrons. The molecule has 0 aromatic heterocycles. The van der Waals surface area contributed by atoms with Crippen molar-refractivity contribution in [3.63, 3.8) is 0 Å². The van der Waals surface area contributed by atoms with Crippen LogP contribution in [0.25, 0.3) is 0 Å². The van der Waals surface area contributed by atoms with Gasteiger partial charge < -0.3 is 16.2 Å². The summed E-state index contributed by atoms with van der Waals surface area (Å²) in [5.74, 6) is 0.411. The average Bonchev–Trinajstić information content (AvgIpc) is 2.40. The maximum absolute atomic E-state index is 12.6. The zero-order valence-corrected chi connectivity index (χ0v) is 11.6. The van der Waals surface area contributed by atoms with Crippen molar-refractivity contribution >= 4 is 17.2 Å². The number of ether oxygens (including phenoxy) is 1. The fourth-order valence-corrected chi connectivity index (χ4v) is 2.04. The van der Waals surface area contributed by atoms with Crippen molar-refractivity contribution in [2.24, 2.45) is 0 Å². The molecule has 0 unspecified atom stereocenters. The fourth-order valence-electron chi connectivity index (χ4n) is 2.04. The number of carbonyl (C=O) groups excluding carboxylic acids is 1. The molecule has 20 heavy (non-hydrogen) atoms. The Labute approximate surface area is 118 Å². The lowest BCUT2D eigenvalue weighted by atomic mass is 9.99. The number of nitrogen functional groups attached to an aromatic ring is 2. The van der Waals surface area contributed by atoms with Crippen LogP contribution >= 0.6 is 0 Å². The predicted octanol–water partition coefficient (Wildman–Crippen LogP) is 2.79. The Bertz CT molecular complexity index is 651. The van der Waals surface area contributed by atoms with Gasteiger partial charge in [-0.3, -0.25) is 4.79 Å². The van der Waals surface area contributed by atoms with Crippen LogP contribution in [-0.4, -0.2) is 12.4 Å². The molecule has 0 aliphatic rings. The third-order valence-corrected chi connectivity index (χ3v) is 3.00. The van der Waals surface area contributed by atoms with Gasteiger partial charge in [0, 0.05) is 16.9 Å². The van der Waals surface area contributed by atoms with Gasteiger partial charge in [0.15, 0.2) is 5.78 Å². The van der Waals surface area contributed by atoms with E-state index < -0.39 is 0 Å². The quantitative estimate of drug-likeness (QED) is 0.661. The molecule has 0 bridgehead atoms. The number of benzene rings is 2. The van der Waals surface area contributed by atoms with Crippen LogP contribution in [0.15, 0.2) is 36.4 Å². The number of anilines is 2. The monoisotopic (exact) mass is 270 g/mol. The van der Waals surface area contributed by atoms with Gasteiger partial charge in [-0.05, 0) is 44.2 Å². The van der Waals surface area contributed by atoms with Crippen molar-refractivity contribution in [1.82, 2.24) is 0 Å². The van der Waals surface area contributed by atoms with E-state index in [0.29, 0.717) is 34.9 Å². The van der Waals surface area contributed by atoms with Gasteiger partial charge in [-0.1, -0.05) is 11.6 Å². The Morgan fingerprint density at radius 3 is 2.50 bits per heavy atom. The summed E-state index contributed by atoms with van der Waals surface area (Å²) in [4.78, 5) is 12.6. The second-order valence-corrected chi connectivity index (χ2v) is 4.61. The minimum absolute atomic E-state index is 0.158. The molecular formula is C16H18N2O2. The van der Waals surface area contributed by atoms with Crippen LogP contribution in [0, 0.1) is 6.92 Å². The number of hydrogen-bond donors (Lipinski definition) is 2. The minimum Gasteiger partial charge on any atom is -0.493 e. The Balaban J connectivity index is 2.49. The van der Waals surface area contributed by atoms with Crippen molar-refractivity contribution < 1.29 is 9.53 Å². The molecule has 0 fully saturated rings. The van der Waals surface area contributed by atoms with Gasteiger partial charge in [-0.2, -0.15) is 0 Å². The van der Waals surface area contributed by atoms with E-state index in [0.717, 1.165) is 5.56 Å². The standard InChI is InChI=1S/C16H18N2O2/c1-3-20-15-7-4-10(2)8-13(15)16(19)12-6-5-11(17)9-14(12)18/h4-9H,3,17-18H2,1-2H3. The van der Waals surface area contributed by atoms with Crippen molar-refractivity contribution in [3.05, 3.63) is 53.1 Å². The van der Waals surface area contributed by atoms with E-state index in [-0.39, 0.29) is 5.78 Å². The summed E-state index contributed by atoms with van der Waals surface area (Å²) in [6.45, 7) is 4.31. The molecule has 0 amide bonds. The number of hydrogen-bond acceptors (Lipinski definition) is 4. The number of ketones is 1. The van der Waals surface area contributed by atoms with Gasteiger partial charge in [-0.25, -0.2) is 0 Å². The molecule has 2 aromatic carbocycles. The maximum atomic E-state index is 12.6. The SMILES string of the molecule is CCOc1ccc(C)cc1C(=O)c1ccc(N)cc1N. The summed E-state index contributed by atoms with van der Waals surface area (Å²) in [6.07, 6.45) is 0. The molecule has 4 heteroatoms. The molecule has 0 aliphatic carbocycles. The molecule has 0 saturated heterocycles. The lowest BCUT2D eigenvalue weighted by Gasteiger charge is -2.12. The number of rotatable bonds is 4. The maximum Gasteiger partial charge on any atom is 0.198 e. The van der Waals surface area contributed by atoms with Crippen LogP contribution in [0.3, 0.4) is 0 Å². The van der Waals surface area contributed by atoms with Crippen LogP contribution < -0.4 is 16.2 Å². The van der Waals surface area contributed by atoms with E-state index in [1.807, 2.05) is 26.0 Å². The second-order valence-electron chi connectivity index (χ2n) is 4.61. The number of carbonyl (C=O) groups is 1. The van der Waals surface area contributed by atoms with Crippen LogP contribution in [-0.2, 0) is 0 Å². The molecular weight excluding hydrogens is 252 g/mol. The minimum atomic E-state index is -0.158. The molecule has 0 aliphatic heterocycles. The zero-order chi connectivity index (χ0) is 14.7. The molecule has 4 N–H and O–H groups in total. The molecule has 2 rings (SSSR count). The van der Waals surface area contributed by atoms with Gasteiger partial charge in [-0.15, -0.1) is 0 Å². The third-order valence-electron chi connectivity index (χ3n) is 3.00. The summed E-state index contributed by atoms with van der Waals surface area (Å²) in [6, 6.07) is 10.4. The van der Waals surface area contributed by atoms with Crippen LogP contribution in [0.4, 0.5) is 11.4 Å². The summed E-state index contributed by atoms with van der Waals surface area (Å²) >= 11 is 0. The van der Waals surface area contributed by atoms with Crippen molar-refractivity contribution in [2.75, 3.05) is 18.1 Å². The van der Waals surface area contributed by atoms with Crippen LogP contribution in [0.1, 0.15) is 28.4 Å². The lowest BCUT2D eigenvalue weighted by molar-refractivity contribution is 0.103. The summed E-state index contributed by atoms with van der Waals surface area (Å²) in [7, 11) is 0. The van der Waals surface area contributed by atoms with Crippen molar-refractivity contribution in [2.45, 2.75) is 13.8 Å². The lowest BCUT2D eigenvalue weighted by Crippen LogP contribution is -2.09. The zero-order valence-electron chi connectivity index (χ0n) is 11.6. The van der Waals surface area contributed by atoms with E-state index in [9.17, 15) is 4.79 Å². The third kappa shape index (κ3) is 2.74. The highest BCUT2D eigenvalue weighted by Gasteiger charge is 2.17. The normalized spacial score (nSPS) is 10.3. The molecule has 0 radical (unpaired) electrons. The van der Waals surface area contributed by atoms with E-state index in [2.05, 4.69) is 0 Å².